The number of nitrogens with zero attached hydrogens (tertiary/aromatic N) is 2. The van der Waals surface area contributed by atoms with Crippen LogP contribution in [0.5, 0.6) is 0 Å². The lowest BCUT2D eigenvalue weighted by atomic mass is 10.1. The monoisotopic (exact) mass is 384 g/mol. The van der Waals surface area contributed by atoms with Gasteiger partial charge in [-0.15, -0.1) is 22.6 Å². The maximum Gasteiger partial charge on any atom is 0.227 e. The minimum absolute atomic E-state index is 0. The van der Waals surface area contributed by atoms with Crippen molar-refractivity contribution in [2.45, 2.75) is 25.8 Å². The maximum atomic E-state index is 12.1. The van der Waals surface area contributed by atoms with Crippen LogP contribution in [0.15, 0.2) is 24.3 Å². The molecule has 130 valence electrons. The predicted octanol–water partition coefficient (Wildman–Crippen LogP) is 2.89. The van der Waals surface area contributed by atoms with E-state index in [1.807, 2.05) is 11.8 Å². The first-order valence-electron chi connectivity index (χ1n) is 7.68. The smallest absolute Gasteiger partial charge is 0.227 e. The zero-order chi connectivity index (χ0) is 16.1. The number of nitrogens with one attached hydrogen (secondary N) is 2. The molecular weight excluding hydrogens is 364 g/mol. The molecule has 1 unspecified atom stereocenters. The summed E-state index contributed by atoms with van der Waals surface area (Å²) < 4.78 is 0. The van der Waals surface area contributed by atoms with Crippen molar-refractivity contribution in [1.29, 1.82) is 0 Å². The highest BCUT2D eigenvalue weighted by atomic mass is 35.5. The molecule has 0 bridgehead atoms. The molecule has 1 aliphatic rings. The fraction of sp³-hybridized carbons (Fsp3) is 0.438. The van der Waals surface area contributed by atoms with Crippen LogP contribution in [0, 0.1) is 6.92 Å². The summed E-state index contributed by atoms with van der Waals surface area (Å²) >= 11 is 3.33. The summed E-state index contributed by atoms with van der Waals surface area (Å²) in [6.07, 6.45) is 1.23. The Morgan fingerprint density at radius 1 is 1.33 bits per heavy atom. The van der Waals surface area contributed by atoms with Gasteiger partial charge in [0, 0.05) is 36.9 Å². The van der Waals surface area contributed by atoms with Crippen molar-refractivity contribution in [3.05, 3.63) is 40.4 Å². The van der Waals surface area contributed by atoms with Gasteiger partial charge in [0.05, 0.1) is 0 Å². The zero-order valence-corrected chi connectivity index (χ0v) is 15.9. The predicted molar refractivity (Wildman–Crippen MR) is 104 cm³/mol. The number of aromatic nitrogens is 2. The summed E-state index contributed by atoms with van der Waals surface area (Å²) in [6.45, 7) is 3.05. The molecule has 0 radical (unpaired) electrons. The van der Waals surface area contributed by atoms with E-state index in [1.165, 1.54) is 22.5 Å². The number of benzene rings is 1. The van der Waals surface area contributed by atoms with Gasteiger partial charge in [0.1, 0.15) is 5.01 Å². The third kappa shape index (κ3) is 5.73. The summed E-state index contributed by atoms with van der Waals surface area (Å²) in [5.41, 5.74) is 2.45. The lowest BCUT2D eigenvalue weighted by Crippen LogP contribution is -2.39. The van der Waals surface area contributed by atoms with Crippen LogP contribution in [0.25, 0.3) is 0 Å². The number of thioether (sulfide) groups is 1. The van der Waals surface area contributed by atoms with E-state index < -0.39 is 0 Å². The molecule has 2 heterocycles. The third-order valence-electron chi connectivity index (χ3n) is 3.62. The Bertz CT molecular complexity index is 656. The lowest BCUT2D eigenvalue weighted by Gasteiger charge is -2.22. The maximum absolute atomic E-state index is 12.1. The number of anilines is 1. The minimum Gasteiger partial charge on any atom is -0.312 e. The first-order chi connectivity index (χ1) is 11.2. The van der Waals surface area contributed by atoms with Gasteiger partial charge in [0.15, 0.2) is 0 Å². The van der Waals surface area contributed by atoms with Gasteiger partial charge in [0.2, 0.25) is 11.0 Å². The number of carbonyl (C=O) groups is 1. The Hall–Kier alpha value is -1.15. The number of hydrogen-bond donors (Lipinski definition) is 2. The zero-order valence-electron chi connectivity index (χ0n) is 13.4. The molecule has 1 aliphatic heterocycles. The Balaban J connectivity index is 0.00000208. The SMILES string of the molecule is Cc1ccc(Cc2nnc(NC(=O)CC3CSCCN3)s2)cc1.Cl. The van der Waals surface area contributed by atoms with Crippen molar-refractivity contribution in [2.75, 3.05) is 23.4 Å². The molecule has 2 N–H and O–H groups in total. The van der Waals surface area contributed by atoms with Gasteiger partial charge in [-0.1, -0.05) is 41.2 Å². The van der Waals surface area contributed by atoms with Gasteiger partial charge >= 0.3 is 0 Å². The van der Waals surface area contributed by atoms with Crippen LogP contribution in [-0.2, 0) is 11.2 Å². The van der Waals surface area contributed by atoms with Crippen LogP contribution >= 0.6 is 35.5 Å². The normalized spacial score (nSPS) is 17.1. The highest BCUT2D eigenvalue weighted by Crippen LogP contribution is 2.19. The number of aryl methyl sites for hydroxylation is 1. The highest BCUT2D eigenvalue weighted by molar-refractivity contribution is 7.99. The van der Waals surface area contributed by atoms with Crippen LogP contribution in [0.1, 0.15) is 22.6 Å². The quantitative estimate of drug-likeness (QED) is 0.829. The van der Waals surface area contributed by atoms with Crippen LogP contribution in [0.3, 0.4) is 0 Å². The largest absolute Gasteiger partial charge is 0.312 e. The first kappa shape index (κ1) is 19.2. The summed E-state index contributed by atoms with van der Waals surface area (Å²) in [4.78, 5) is 12.1. The molecular formula is C16H21ClN4OS2. The van der Waals surface area contributed by atoms with E-state index in [9.17, 15) is 4.79 Å². The van der Waals surface area contributed by atoms with Crippen LogP contribution in [0.4, 0.5) is 5.13 Å². The standard InChI is InChI=1S/C16H20N4OS2.ClH/c1-11-2-4-12(5-3-11)8-15-19-20-16(23-15)18-14(21)9-13-10-22-7-6-17-13;/h2-5,13,17H,6-10H2,1H3,(H,18,20,21);1H. The molecule has 2 aromatic rings. The van der Waals surface area contributed by atoms with Gasteiger partial charge in [0.25, 0.3) is 0 Å². The van der Waals surface area contributed by atoms with E-state index in [0.29, 0.717) is 11.6 Å². The Morgan fingerprint density at radius 2 is 2.12 bits per heavy atom. The molecule has 1 atom stereocenters. The summed E-state index contributed by atoms with van der Waals surface area (Å²) in [5, 5.41) is 16.0. The van der Waals surface area contributed by atoms with Crippen LogP contribution in [-0.4, -0.2) is 40.2 Å². The van der Waals surface area contributed by atoms with E-state index >= 15 is 0 Å². The van der Waals surface area contributed by atoms with Crippen molar-refractivity contribution in [3.8, 4) is 0 Å². The topological polar surface area (TPSA) is 66.9 Å². The summed E-state index contributed by atoms with van der Waals surface area (Å²) in [5.74, 6) is 2.11. The summed E-state index contributed by atoms with van der Waals surface area (Å²) in [7, 11) is 0. The minimum atomic E-state index is 0. The molecule has 0 aliphatic carbocycles. The van der Waals surface area contributed by atoms with E-state index in [2.05, 4.69) is 52.0 Å². The third-order valence-corrected chi connectivity index (χ3v) is 5.59. The molecule has 1 aromatic carbocycles. The van der Waals surface area contributed by atoms with Crippen molar-refractivity contribution < 1.29 is 4.79 Å². The molecule has 1 amide bonds. The lowest BCUT2D eigenvalue weighted by molar-refractivity contribution is -0.116. The fourth-order valence-electron chi connectivity index (χ4n) is 2.40. The van der Waals surface area contributed by atoms with Crippen LogP contribution in [0.2, 0.25) is 0 Å². The van der Waals surface area contributed by atoms with Gasteiger partial charge in [-0.3, -0.25) is 4.79 Å². The second-order valence-corrected chi connectivity index (χ2v) is 7.85. The molecule has 8 heteroatoms. The van der Waals surface area contributed by atoms with Crippen molar-refractivity contribution in [1.82, 2.24) is 15.5 Å². The molecule has 3 rings (SSSR count). The number of carbonyl (C=O) groups excluding carboxylic acids is 1. The highest BCUT2D eigenvalue weighted by Gasteiger charge is 2.17. The number of amides is 1. The number of rotatable bonds is 5. The van der Waals surface area contributed by atoms with Crippen molar-refractivity contribution in [3.63, 3.8) is 0 Å². The average Bonchev–Trinajstić information content (AvgIpc) is 2.97. The molecule has 0 saturated carbocycles. The number of hydrogen-bond acceptors (Lipinski definition) is 6. The van der Waals surface area contributed by atoms with E-state index in [4.69, 9.17) is 0 Å². The molecule has 5 nitrogen and oxygen atoms in total. The van der Waals surface area contributed by atoms with E-state index in [0.717, 1.165) is 29.5 Å². The second kappa shape index (κ2) is 9.36. The first-order valence-corrected chi connectivity index (χ1v) is 9.65. The van der Waals surface area contributed by atoms with Gasteiger partial charge < -0.3 is 10.6 Å². The molecule has 1 aromatic heterocycles. The van der Waals surface area contributed by atoms with E-state index in [-0.39, 0.29) is 24.4 Å². The molecule has 1 fully saturated rings. The van der Waals surface area contributed by atoms with Crippen molar-refractivity contribution >= 4 is 46.5 Å². The summed E-state index contributed by atoms with van der Waals surface area (Å²) in [6, 6.07) is 8.64. The number of halogens is 1. The van der Waals surface area contributed by atoms with Gasteiger partial charge in [-0.05, 0) is 12.5 Å². The van der Waals surface area contributed by atoms with Gasteiger partial charge in [-0.2, -0.15) is 11.8 Å². The molecule has 1 saturated heterocycles. The van der Waals surface area contributed by atoms with E-state index in [1.54, 1.807) is 0 Å². The Kier molecular flexibility index (Phi) is 7.48. The van der Waals surface area contributed by atoms with Gasteiger partial charge in [-0.25, -0.2) is 0 Å². The fourth-order valence-corrected chi connectivity index (χ4v) is 4.14. The Labute approximate surface area is 156 Å². The van der Waals surface area contributed by atoms with Crippen molar-refractivity contribution in [2.24, 2.45) is 0 Å². The average molecular weight is 385 g/mol. The Morgan fingerprint density at radius 3 is 2.83 bits per heavy atom. The molecule has 0 spiro atoms. The second-order valence-electron chi connectivity index (χ2n) is 5.64. The molecule has 24 heavy (non-hydrogen) atoms. The van der Waals surface area contributed by atoms with Crippen LogP contribution < -0.4 is 10.6 Å².